The van der Waals surface area contributed by atoms with Crippen molar-refractivity contribution in [2.75, 3.05) is 4.90 Å². The van der Waals surface area contributed by atoms with E-state index in [-0.39, 0.29) is 23.0 Å². The van der Waals surface area contributed by atoms with E-state index >= 15 is 0 Å². The maximum Gasteiger partial charge on any atom is 0.416 e. The van der Waals surface area contributed by atoms with Crippen LogP contribution in [-0.4, -0.2) is 25.7 Å². The Kier molecular flexibility index (Phi) is 7.39. The molecule has 6 nitrogen and oxygen atoms in total. The van der Waals surface area contributed by atoms with E-state index in [9.17, 15) is 18.0 Å². The zero-order valence-corrected chi connectivity index (χ0v) is 24.9. The van der Waals surface area contributed by atoms with Gasteiger partial charge in [0, 0.05) is 35.3 Å². The zero-order valence-electron chi connectivity index (χ0n) is 24.9. The molecule has 1 fully saturated rings. The van der Waals surface area contributed by atoms with E-state index in [0.29, 0.717) is 24.5 Å². The highest BCUT2D eigenvalue weighted by molar-refractivity contribution is 6.12. The SMILES string of the molecule is CCCCC(CC)C1(C)c2c(cccc2C(F)(F)F)C(=O)N1c1cc(-c2ccccc2-c2nncn2C)cc(C2CC2)n1. The molecule has 2 aromatic carbocycles. The number of pyridine rings is 1. The van der Waals surface area contributed by atoms with Gasteiger partial charge in [-0.3, -0.25) is 9.69 Å². The standard InChI is InChI=1S/C34H36F3N5O/c1-5-7-11-23(6-2)33(3)30-26(14-10-15-27(30)34(35,36)37)32(43)42(33)29-19-22(18-28(39-29)21-16-17-21)24-12-8-9-13-25(24)31-40-38-20-41(31)4/h8-10,12-15,18-21,23H,5-7,11,16-17H2,1-4H3. The summed E-state index contributed by atoms with van der Waals surface area (Å²) in [6.07, 6.45) is 2.09. The number of rotatable bonds is 9. The summed E-state index contributed by atoms with van der Waals surface area (Å²) < 4.78 is 45.6. The second-order valence-corrected chi connectivity index (χ2v) is 12.0. The Labute approximate surface area is 250 Å². The molecular weight excluding hydrogens is 551 g/mol. The van der Waals surface area contributed by atoms with E-state index in [0.717, 1.165) is 54.1 Å². The summed E-state index contributed by atoms with van der Waals surface area (Å²) in [4.78, 5) is 20.9. The normalized spacial score (nSPS) is 19.1. The summed E-state index contributed by atoms with van der Waals surface area (Å²) in [6, 6.07) is 15.8. The molecule has 0 bridgehead atoms. The Bertz CT molecular complexity index is 1670. The summed E-state index contributed by atoms with van der Waals surface area (Å²) in [7, 11) is 1.88. The van der Waals surface area contributed by atoms with Crippen molar-refractivity contribution in [2.45, 2.75) is 76.9 Å². The molecular formula is C34H36F3N5O. The van der Waals surface area contributed by atoms with Crippen LogP contribution in [0.5, 0.6) is 0 Å². The summed E-state index contributed by atoms with van der Waals surface area (Å²) in [5.41, 5.74) is 1.64. The molecule has 2 unspecified atom stereocenters. The van der Waals surface area contributed by atoms with Crippen molar-refractivity contribution >= 4 is 11.7 Å². The predicted octanol–water partition coefficient (Wildman–Crippen LogP) is 8.53. The Hall–Kier alpha value is -4.01. The Morgan fingerprint density at radius 1 is 1.02 bits per heavy atom. The number of hydrogen-bond acceptors (Lipinski definition) is 4. The molecule has 43 heavy (non-hydrogen) atoms. The fourth-order valence-corrected chi connectivity index (χ4v) is 6.87. The number of halogens is 3. The van der Waals surface area contributed by atoms with E-state index in [1.807, 2.05) is 55.8 Å². The molecule has 0 radical (unpaired) electrons. The molecule has 2 atom stereocenters. The number of unbranched alkanes of at least 4 members (excludes halogenated alkanes) is 1. The first-order chi connectivity index (χ1) is 20.6. The quantitative estimate of drug-likeness (QED) is 0.197. The molecule has 0 saturated heterocycles. The zero-order chi connectivity index (χ0) is 30.5. The van der Waals surface area contributed by atoms with Crippen molar-refractivity contribution in [3.05, 3.63) is 83.3 Å². The molecule has 9 heteroatoms. The number of amides is 1. The van der Waals surface area contributed by atoms with Gasteiger partial charge in [0.15, 0.2) is 5.82 Å². The topological polar surface area (TPSA) is 63.9 Å². The van der Waals surface area contributed by atoms with Crippen molar-refractivity contribution in [1.29, 1.82) is 0 Å². The highest BCUT2D eigenvalue weighted by atomic mass is 19.4. The summed E-state index contributed by atoms with van der Waals surface area (Å²) in [6.45, 7) is 5.89. The number of aryl methyl sites for hydroxylation is 1. The fourth-order valence-electron chi connectivity index (χ4n) is 6.87. The van der Waals surface area contributed by atoms with E-state index in [1.165, 1.54) is 12.1 Å². The van der Waals surface area contributed by atoms with Crippen LogP contribution in [0.1, 0.15) is 92.4 Å². The highest BCUT2D eigenvalue weighted by Crippen LogP contribution is 2.53. The minimum absolute atomic E-state index is 0.0649. The Balaban J connectivity index is 1.59. The third kappa shape index (κ3) is 4.92. The lowest BCUT2D eigenvalue weighted by Gasteiger charge is -2.43. The number of hydrogen-bond donors (Lipinski definition) is 0. The van der Waals surface area contributed by atoms with Crippen LogP contribution in [-0.2, 0) is 18.8 Å². The number of alkyl halides is 3. The first kappa shape index (κ1) is 29.1. The molecule has 4 aromatic rings. The lowest BCUT2D eigenvalue weighted by atomic mass is 9.73. The molecule has 1 aliphatic heterocycles. The second-order valence-electron chi connectivity index (χ2n) is 12.0. The van der Waals surface area contributed by atoms with Gasteiger partial charge in [-0.25, -0.2) is 4.98 Å². The minimum Gasteiger partial charge on any atom is -0.317 e. The van der Waals surface area contributed by atoms with Crippen molar-refractivity contribution in [3.63, 3.8) is 0 Å². The van der Waals surface area contributed by atoms with Gasteiger partial charge in [0.1, 0.15) is 12.1 Å². The van der Waals surface area contributed by atoms with Crippen LogP contribution < -0.4 is 4.90 Å². The number of aromatic nitrogens is 4. The minimum atomic E-state index is -4.60. The van der Waals surface area contributed by atoms with Gasteiger partial charge in [0.2, 0.25) is 0 Å². The van der Waals surface area contributed by atoms with Gasteiger partial charge < -0.3 is 4.57 Å². The monoisotopic (exact) mass is 587 g/mol. The van der Waals surface area contributed by atoms with Crippen LogP contribution >= 0.6 is 0 Å². The van der Waals surface area contributed by atoms with Gasteiger partial charge >= 0.3 is 6.18 Å². The largest absolute Gasteiger partial charge is 0.416 e. The van der Waals surface area contributed by atoms with Gasteiger partial charge in [-0.05, 0) is 67.5 Å². The van der Waals surface area contributed by atoms with Crippen molar-refractivity contribution < 1.29 is 18.0 Å². The number of nitrogens with zero attached hydrogens (tertiary/aromatic N) is 5. The molecule has 1 aliphatic carbocycles. The number of carbonyl (C=O) groups is 1. The van der Waals surface area contributed by atoms with Crippen LogP contribution in [0.25, 0.3) is 22.5 Å². The molecule has 2 aromatic heterocycles. The van der Waals surface area contributed by atoms with Crippen LogP contribution in [0, 0.1) is 5.92 Å². The fraction of sp³-hybridized carbons (Fsp3) is 0.412. The lowest BCUT2D eigenvalue weighted by molar-refractivity contribution is -0.138. The molecule has 1 amide bonds. The van der Waals surface area contributed by atoms with Gasteiger partial charge in [0.05, 0.1) is 11.1 Å². The van der Waals surface area contributed by atoms with Crippen LogP contribution in [0.3, 0.4) is 0 Å². The third-order valence-corrected chi connectivity index (χ3v) is 9.21. The summed E-state index contributed by atoms with van der Waals surface area (Å²) in [5.74, 6) is 0.684. The number of benzene rings is 2. The van der Waals surface area contributed by atoms with Crippen molar-refractivity contribution in [2.24, 2.45) is 13.0 Å². The average Bonchev–Trinajstić information content (AvgIpc) is 3.72. The molecule has 6 rings (SSSR count). The van der Waals surface area contributed by atoms with Gasteiger partial charge in [-0.2, -0.15) is 13.2 Å². The maximum absolute atomic E-state index is 14.6. The van der Waals surface area contributed by atoms with Gasteiger partial charge in [-0.1, -0.05) is 63.4 Å². The number of carbonyl (C=O) groups excluding carboxylic acids is 1. The first-order valence-corrected chi connectivity index (χ1v) is 15.1. The smallest absolute Gasteiger partial charge is 0.317 e. The molecule has 3 heterocycles. The number of fused-ring (bicyclic) bond motifs is 1. The van der Waals surface area contributed by atoms with Crippen LogP contribution in [0.15, 0.2) is 60.9 Å². The van der Waals surface area contributed by atoms with E-state index < -0.39 is 23.2 Å². The lowest BCUT2D eigenvalue weighted by Crippen LogP contribution is -2.48. The number of anilines is 1. The molecule has 2 aliphatic rings. The van der Waals surface area contributed by atoms with E-state index in [2.05, 4.69) is 23.2 Å². The summed E-state index contributed by atoms with van der Waals surface area (Å²) >= 11 is 0. The van der Waals surface area contributed by atoms with E-state index in [1.54, 1.807) is 11.2 Å². The maximum atomic E-state index is 14.6. The second kappa shape index (κ2) is 10.9. The summed E-state index contributed by atoms with van der Waals surface area (Å²) in [5, 5.41) is 8.38. The van der Waals surface area contributed by atoms with Crippen molar-refractivity contribution in [3.8, 4) is 22.5 Å². The molecule has 224 valence electrons. The molecule has 1 saturated carbocycles. The van der Waals surface area contributed by atoms with Crippen LogP contribution in [0.2, 0.25) is 0 Å². The molecule has 0 spiro atoms. The molecule has 0 N–H and O–H groups in total. The van der Waals surface area contributed by atoms with Crippen LogP contribution in [0.4, 0.5) is 19.0 Å². The highest BCUT2D eigenvalue weighted by Gasteiger charge is 2.55. The Morgan fingerprint density at radius 2 is 1.74 bits per heavy atom. The first-order valence-electron chi connectivity index (χ1n) is 15.1. The Morgan fingerprint density at radius 3 is 2.37 bits per heavy atom. The van der Waals surface area contributed by atoms with Gasteiger partial charge in [-0.15, -0.1) is 10.2 Å². The average molecular weight is 588 g/mol. The predicted molar refractivity (Wildman–Crippen MR) is 161 cm³/mol. The van der Waals surface area contributed by atoms with Crippen molar-refractivity contribution in [1.82, 2.24) is 19.7 Å². The van der Waals surface area contributed by atoms with E-state index in [4.69, 9.17) is 4.98 Å². The third-order valence-electron chi connectivity index (χ3n) is 9.21. The van der Waals surface area contributed by atoms with Gasteiger partial charge in [0.25, 0.3) is 5.91 Å².